The standard InChI is InChI=1S/C12H6N6O3/c13-4-7(5-14)9(6-15)17-8-2-1-3-10(18(20)21)11(8)12(16)19/h1-3,17H,(H2,16,19). The van der Waals surface area contributed by atoms with Gasteiger partial charge in [0.1, 0.15) is 29.5 Å². The molecular formula is C12H6N6O3. The number of allylic oxidation sites excluding steroid dienone is 2. The molecule has 0 aliphatic rings. The van der Waals surface area contributed by atoms with Crippen molar-refractivity contribution in [2.75, 3.05) is 5.32 Å². The molecule has 0 aliphatic carbocycles. The minimum Gasteiger partial charge on any atom is -0.365 e. The molecule has 1 rings (SSSR count). The van der Waals surface area contributed by atoms with Crippen molar-refractivity contribution >= 4 is 17.3 Å². The molecule has 1 aromatic rings. The van der Waals surface area contributed by atoms with Crippen LogP contribution in [0, 0.1) is 44.1 Å². The fourth-order valence-corrected chi connectivity index (χ4v) is 1.47. The van der Waals surface area contributed by atoms with Crippen molar-refractivity contribution in [3.63, 3.8) is 0 Å². The van der Waals surface area contributed by atoms with E-state index in [4.69, 9.17) is 21.5 Å². The zero-order valence-corrected chi connectivity index (χ0v) is 10.3. The Kier molecular flexibility index (Phi) is 4.56. The summed E-state index contributed by atoms with van der Waals surface area (Å²) >= 11 is 0. The fraction of sp³-hybridized carbons (Fsp3) is 0. The summed E-state index contributed by atoms with van der Waals surface area (Å²) in [5, 5.41) is 39.5. The number of rotatable bonds is 4. The average Bonchev–Trinajstić information content (AvgIpc) is 2.46. The van der Waals surface area contributed by atoms with Gasteiger partial charge in [0.15, 0.2) is 5.57 Å². The maximum Gasteiger partial charge on any atom is 0.284 e. The maximum absolute atomic E-state index is 11.4. The van der Waals surface area contributed by atoms with Gasteiger partial charge in [-0.3, -0.25) is 14.9 Å². The highest BCUT2D eigenvalue weighted by molar-refractivity contribution is 6.02. The van der Waals surface area contributed by atoms with E-state index < -0.39 is 33.4 Å². The normalized spacial score (nSPS) is 8.62. The molecule has 0 radical (unpaired) electrons. The number of hydrogen-bond acceptors (Lipinski definition) is 7. The van der Waals surface area contributed by atoms with E-state index in [-0.39, 0.29) is 5.69 Å². The molecule has 0 aliphatic heterocycles. The summed E-state index contributed by atoms with van der Waals surface area (Å²) in [6.45, 7) is 0. The molecule has 21 heavy (non-hydrogen) atoms. The van der Waals surface area contributed by atoms with E-state index >= 15 is 0 Å². The predicted octanol–water partition coefficient (Wildman–Crippen LogP) is 0.930. The lowest BCUT2D eigenvalue weighted by molar-refractivity contribution is -0.385. The number of nitrogens with two attached hydrogens (primary N) is 1. The van der Waals surface area contributed by atoms with Crippen molar-refractivity contribution in [3.8, 4) is 18.2 Å². The Morgan fingerprint density at radius 3 is 2.29 bits per heavy atom. The molecule has 3 N–H and O–H groups in total. The van der Waals surface area contributed by atoms with Crippen molar-refractivity contribution in [1.82, 2.24) is 0 Å². The van der Waals surface area contributed by atoms with Gasteiger partial charge in [-0.05, 0) is 6.07 Å². The average molecular weight is 282 g/mol. The van der Waals surface area contributed by atoms with Crippen LogP contribution in [0.4, 0.5) is 11.4 Å². The molecule has 9 nitrogen and oxygen atoms in total. The highest BCUT2D eigenvalue weighted by Gasteiger charge is 2.23. The smallest absolute Gasteiger partial charge is 0.284 e. The zero-order chi connectivity index (χ0) is 16.0. The molecule has 0 aromatic heterocycles. The summed E-state index contributed by atoms with van der Waals surface area (Å²) in [5.74, 6) is -1.09. The van der Waals surface area contributed by atoms with Crippen LogP contribution in [0.3, 0.4) is 0 Å². The van der Waals surface area contributed by atoms with E-state index in [1.54, 1.807) is 6.07 Å². The molecule has 1 amide bonds. The van der Waals surface area contributed by atoms with Gasteiger partial charge in [-0.1, -0.05) is 6.07 Å². The van der Waals surface area contributed by atoms with Crippen molar-refractivity contribution in [3.05, 3.63) is 45.1 Å². The number of nitriles is 3. The molecular weight excluding hydrogens is 276 g/mol. The number of amides is 1. The summed E-state index contributed by atoms with van der Waals surface area (Å²) < 4.78 is 0. The van der Waals surface area contributed by atoms with Crippen LogP contribution in [0.5, 0.6) is 0 Å². The number of nitro benzene ring substituents is 1. The third-order valence-corrected chi connectivity index (χ3v) is 2.33. The number of nitrogens with zero attached hydrogens (tertiary/aromatic N) is 4. The fourth-order valence-electron chi connectivity index (χ4n) is 1.47. The summed E-state index contributed by atoms with van der Waals surface area (Å²) in [7, 11) is 0. The minimum atomic E-state index is -1.09. The molecule has 0 bridgehead atoms. The molecule has 0 spiro atoms. The SMILES string of the molecule is N#CC(C#N)=C(C#N)Nc1cccc([N+](=O)[O-])c1C(N)=O. The van der Waals surface area contributed by atoms with Crippen molar-refractivity contribution < 1.29 is 9.72 Å². The van der Waals surface area contributed by atoms with Crippen LogP contribution in [0.1, 0.15) is 10.4 Å². The monoisotopic (exact) mass is 282 g/mol. The molecule has 0 saturated heterocycles. The number of primary amides is 1. The topological polar surface area (TPSA) is 170 Å². The molecule has 0 atom stereocenters. The van der Waals surface area contributed by atoms with Crippen LogP contribution in [-0.2, 0) is 0 Å². The van der Waals surface area contributed by atoms with Gasteiger partial charge < -0.3 is 11.1 Å². The molecule has 9 heteroatoms. The Morgan fingerprint density at radius 1 is 1.24 bits per heavy atom. The van der Waals surface area contributed by atoms with Crippen LogP contribution in [0.2, 0.25) is 0 Å². The molecule has 0 unspecified atom stereocenters. The van der Waals surface area contributed by atoms with Crippen molar-refractivity contribution in [2.45, 2.75) is 0 Å². The predicted molar refractivity (Wildman–Crippen MR) is 69.1 cm³/mol. The summed E-state index contributed by atoms with van der Waals surface area (Å²) in [5.41, 5.74) is 2.98. The molecule has 0 heterocycles. The Labute approximate surface area is 118 Å². The number of benzene rings is 1. The Hall–Kier alpha value is -3.90. The van der Waals surface area contributed by atoms with Gasteiger partial charge in [0.25, 0.3) is 11.6 Å². The van der Waals surface area contributed by atoms with E-state index in [9.17, 15) is 14.9 Å². The number of hydrogen-bond donors (Lipinski definition) is 2. The number of anilines is 1. The summed E-state index contributed by atoms with van der Waals surface area (Å²) in [6, 6.07) is 8.14. The van der Waals surface area contributed by atoms with Gasteiger partial charge in [0.05, 0.1) is 10.6 Å². The van der Waals surface area contributed by atoms with Gasteiger partial charge in [-0.15, -0.1) is 0 Å². The zero-order valence-electron chi connectivity index (χ0n) is 10.3. The Balaban J connectivity index is 3.51. The van der Waals surface area contributed by atoms with E-state index in [1.807, 2.05) is 0 Å². The minimum absolute atomic E-state index is 0.142. The molecule has 1 aromatic carbocycles. The second kappa shape index (κ2) is 6.32. The van der Waals surface area contributed by atoms with E-state index in [0.717, 1.165) is 6.07 Å². The summed E-state index contributed by atoms with van der Waals surface area (Å²) in [4.78, 5) is 21.4. The lowest BCUT2D eigenvalue weighted by Gasteiger charge is -2.09. The third kappa shape index (κ3) is 3.11. The molecule has 102 valence electrons. The van der Waals surface area contributed by atoms with Gasteiger partial charge in [-0.2, -0.15) is 15.8 Å². The first kappa shape index (κ1) is 15.2. The maximum atomic E-state index is 11.4. The summed E-state index contributed by atoms with van der Waals surface area (Å²) in [6.07, 6.45) is 0. The lowest BCUT2D eigenvalue weighted by atomic mass is 10.1. The highest BCUT2D eigenvalue weighted by atomic mass is 16.6. The van der Waals surface area contributed by atoms with Gasteiger partial charge in [0, 0.05) is 6.07 Å². The number of nitrogens with one attached hydrogen (secondary N) is 1. The number of carbonyl (C=O) groups excluding carboxylic acids is 1. The first-order valence-corrected chi connectivity index (χ1v) is 5.25. The third-order valence-electron chi connectivity index (χ3n) is 2.33. The Bertz CT molecular complexity index is 760. The van der Waals surface area contributed by atoms with Crippen molar-refractivity contribution in [1.29, 1.82) is 15.8 Å². The van der Waals surface area contributed by atoms with Gasteiger partial charge in [0.2, 0.25) is 0 Å². The van der Waals surface area contributed by atoms with E-state index in [1.165, 1.54) is 24.3 Å². The number of nitro groups is 1. The highest BCUT2D eigenvalue weighted by Crippen LogP contribution is 2.27. The van der Waals surface area contributed by atoms with Crippen LogP contribution in [0.15, 0.2) is 29.5 Å². The lowest BCUT2D eigenvalue weighted by Crippen LogP contribution is -2.16. The Morgan fingerprint density at radius 2 is 1.86 bits per heavy atom. The second-order valence-corrected chi connectivity index (χ2v) is 3.53. The first-order valence-electron chi connectivity index (χ1n) is 5.25. The van der Waals surface area contributed by atoms with Crippen molar-refractivity contribution in [2.24, 2.45) is 5.73 Å². The molecule has 0 saturated carbocycles. The quantitative estimate of drug-likeness (QED) is 0.469. The van der Waals surface area contributed by atoms with Crippen LogP contribution >= 0.6 is 0 Å². The van der Waals surface area contributed by atoms with Crippen LogP contribution < -0.4 is 11.1 Å². The number of carbonyl (C=O) groups is 1. The second-order valence-electron chi connectivity index (χ2n) is 3.53. The van der Waals surface area contributed by atoms with E-state index in [2.05, 4.69) is 5.32 Å². The largest absolute Gasteiger partial charge is 0.365 e. The van der Waals surface area contributed by atoms with Gasteiger partial charge in [-0.25, -0.2) is 0 Å². The first-order chi connectivity index (χ1) is 9.96. The van der Waals surface area contributed by atoms with Gasteiger partial charge >= 0.3 is 0 Å². The van der Waals surface area contributed by atoms with E-state index in [0.29, 0.717) is 0 Å². The van der Waals surface area contributed by atoms with Crippen LogP contribution in [-0.4, -0.2) is 10.8 Å². The van der Waals surface area contributed by atoms with Crippen LogP contribution in [0.25, 0.3) is 0 Å². The molecule has 0 fully saturated rings.